The van der Waals surface area contributed by atoms with Crippen molar-refractivity contribution in [2.75, 3.05) is 13.2 Å². The van der Waals surface area contributed by atoms with E-state index < -0.39 is 0 Å². The van der Waals surface area contributed by atoms with Gasteiger partial charge in [-0.1, -0.05) is 41.4 Å². The summed E-state index contributed by atoms with van der Waals surface area (Å²) < 4.78 is 5.76. The van der Waals surface area contributed by atoms with Crippen LogP contribution in [0.15, 0.2) is 42.5 Å². The molecule has 0 bridgehead atoms. The molecule has 2 aromatic carbocycles. The van der Waals surface area contributed by atoms with E-state index in [-0.39, 0.29) is 19.0 Å². The Morgan fingerprint density at radius 1 is 1.09 bits per heavy atom. The Hall–Kier alpha value is -0.970. The van der Waals surface area contributed by atoms with E-state index in [1.165, 1.54) is 0 Å². The number of halogens is 3. The van der Waals surface area contributed by atoms with Crippen LogP contribution in [0.1, 0.15) is 11.1 Å². The van der Waals surface area contributed by atoms with Crippen molar-refractivity contribution in [1.29, 1.82) is 0 Å². The smallest absolute Gasteiger partial charge is 0.120 e. The third-order valence-corrected chi connectivity index (χ3v) is 3.51. The maximum Gasteiger partial charge on any atom is 0.120 e. The molecule has 0 unspecified atom stereocenters. The summed E-state index contributed by atoms with van der Waals surface area (Å²) in [4.78, 5) is 0. The van der Waals surface area contributed by atoms with Crippen LogP contribution in [0.25, 0.3) is 0 Å². The van der Waals surface area contributed by atoms with E-state index in [1.54, 1.807) is 12.1 Å². The van der Waals surface area contributed by atoms with Gasteiger partial charge in [-0.3, -0.25) is 0 Å². The Labute approximate surface area is 146 Å². The van der Waals surface area contributed by atoms with Crippen molar-refractivity contribution in [2.24, 2.45) is 0 Å². The number of ether oxygens (including phenoxy) is 1. The molecule has 0 fully saturated rings. The van der Waals surface area contributed by atoms with Gasteiger partial charge in [0.15, 0.2) is 0 Å². The average Bonchev–Trinajstić information content (AvgIpc) is 2.47. The molecule has 0 radical (unpaired) electrons. The van der Waals surface area contributed by atoms with Crippen molar-refractivity contribution >= 4 is 35.6 Å². The molecule has 22 heavy (non-hydrogen) atoms. The van der Waals surface area contributed by atoms with E-state index >= 15 is 0 Å². The molecule has 0 saturated heterocycles. The Morgan fingerprint density at radius 3 is 2.64 bits per heavy atom. The van der Waals surface area contributed by atoms with Crippen LogP contribution in [0.2, 0.25) is 10.0 Å². The van der Waals surface area contributed by atoms with Crippen molar-refractivity contribution in [3.8, 4) is 5.75 Å². The first-order chi connectivity index (χ1) is 10.2. The molecule has 2 aromatic rings. The second-order valence-corrected chi connectivity index (χ2v) is 5.42. The van der Waals surface area contributed by atoms with Crippen molar-refractivity contribution in [3.63, 3.8) is 0 Å². The highest BCUT2D eigenvalue weighted by atomic mass is 35.5. The van der Waals surface area contributed by atoms with E-state index in [1.807, 2.05) is 30.3 Å². The first-order valence-electron chi connectivity index (χ1n) is 6.66. The first-order valence-corrected chi connectivity index (χ1v) is 7.42. The molecule has 0 aliphatic rings. The summed E-state index contributed by atoms with van der Waals surface area (Å²) in [5.41, 5.74) is 1.99. The fourth-order valence-electron chi connectivity index (χ4n) is 1.86. The van der Waals surface area contributed by atoms with Crippen LogP contribution in [-0.2, 0) is 13.2 Å². The average molecular weight is 363 g/mol. The molecule has 0 spiro atoms. The zero-order valence-electron chi connectivity index (χ0n) is 11.9. The van der Waals surface area contributed by atoms with Crippen molar-refractivity contribution in [3.05, 3.63) is 63.6 Å². The van der Waals surface area contributed by atoms with Crippen LogP contribution in [0.3, 0.4) is 0 Å². The summed E-state index contributed by atoms with van der Waals surface area (Å²) in [5.74, 6) is 0.782. The highest BCUT2D eigenvalue weighted by molar-refractivity contribution is 6.35. The molecule has 120 valence electrons. The number of aliphatic hydroxyl groups is 1. The Balaban J connectivity index is 0.00000242. The van der Waals surface area contributed by atoms with Crippen LogP contribution < -0.4 is 10.1 Å². The lowest BCUT2D eigenvalue weighted by Crippen LogP contribution is -2.17. The van der Waals surface area contributed by atoms with Crippen molar-refractivity contribution in [1.82, 2.24) is 5.32 Å². The van der Waals surface area contributed by atoms with Crippen molar-refractivity contribution in [2.45, 2.75) is 13.2 Å². The minimum absolute atomic E-state index is 0. The normalized spacial score (nSPS) is 10.1. The standard InChI is InChI=1S/C16H17Cl2NO2.ClH/c17-14-5-4-13(16(18)9-14)11-21-15-3-1-2-12(8-15)10-19-6-7-20;/h1-5,8-9,19-20H,6-7,10-11H2;1H. The van der Waals surface area contributed by atoms with Gasteiger partial charge in [0, 0.05) is 28.7 Å². The van der Waals surface area contributed by atoms with Gasteiger partial charge < -0.3 is 15.2 Å². The van der Waals surface area contributed by atoms with E-state index in [2.05, 4.69) is 5.32 Å². The number of benzene rings is 2. The fraction of sp³-hybridized carbons (Fsp3) is 0.250. The molecule has 0 aromatic heterocycles. The molecule has 0 amide bonds. The molecule has 0 saturated carbocycles. The summed E-state index contributed by atoms with van der Waals surface area (Å²) in [6.45, 7) is 1.79. The largest absolute Gasteiger partial charge is 0.489 e. The lowest BCUT2D eigenvalue weighted by Gasteiger charge is -2.10. The van der Waals surface area contributed by atoms with Gasteiger partial charge in [0.1, 0.15) is 12.4 Å². The minimum atomic E-state index is 0. The molecule has 3 nitrogen and oxygen atoms in total. The van der Waals surface area contributed by atoms with Crippen LogP contribution in [-0.4, -0.2) is 18.3 Å². The van der Waals surface area contributed by atoms with E-state index in [4.69, 9.17) is 33.0 Å². The number of aliphatic hydroxyl groups excluding tert-OH is 1. The lowest BCUT2D eigenvalue weighted by molar-refractivity contribution is 0.291. The van der Waals surface area contributed by atoms with Gasteiger partial charge in [-0.15, -0.1) is 12.4 Å². The van der Waals surface area contributed by atoms with Gasteiger partial charge in [0.25, 0.3) is 0 Å². The molecule has 2 N–H and O–H groups in total. The van der Waals surface area contributed by atoms with E-state index in [0.29, 0.717) is 29.7 Å². The Bertz CT molecular complexity index is 593. The fourth-order valence-corrected chi connectivity index (χ4v) is 2.32. The zero-order valence-corrected chi connectivity index (χ0v) is 14.2. The minimum Gasteiger partial charge on any atom is -0.489 e. The first kappa shape index (κ1) is 19.1. The Morgan fingerprint density at radius 2 is 1.91 bits per heavy atom. The highest BCUT2D eigenvalue weighted by Gasteiger charge is 2.03. The second kappa shape index (κ2) is 9.93. The van der Waals surface area contributed by atoms with Gasteiger partial charge in [-0.25, -0.2) is 0 Å². The summed E-state index contributed by atoms with van der Waals surface area (Å²) in [6, 6.07) is 13.2. The van der Waals surface area contributed by atoms with Gasteiger partial charge >= 0.3 is 0 Å². The third kappa shape index (κ3) is 6.03. The second-order valence-electron chi connectivity index (χ2n) is 4.57. The topological polar surface area (TPSA) is 41.5 Å². The lowest BCUT2D eigenvalue weighted by atomic mass is 10.2. The maximum absolute atomic E-state index is 8.75. The summed E-state index contributed by atoms with van der Waals surface area (Å²) >= 11 is 12.0. The molecule has 0 aliphatic carbocycles. The van der Waals surface area contributed by atoms with Crippen LogP contribution >= 0.6 is 35.6 Å². The molecule has 0 heterocycles. The Kier molecular flexibility index (Phi) is 8.61. The van der Waals surface area contributed by atoms with Gasteiger partial charge in [0.2, 0.25) is 0 Å². The van der Waals surface area contributed by atoms with Gasteiger partial charge in [-0.2, -0.15) is 0 Å². The number of rotatable bonds is 7. The van der Waals surface area contributed by atoms with Crippen LogP contribution in [0, 0.1) is 0 Å². The predicted molar refractivity (Wildman–Crippen MR) is 93.3 cm³/mol. The SMILES string of the molecule is Cl.OCCNCc1cccc(OCc2ccc(Cl)cc2Cl)c1. The summed E-state index contributed by atoms with van der Waals surface area (Å²) in [7, 11) is 0. The highest BCUT2D eigenvalue weighted by Crippen LogP contribution is 2.23. The van der Waals surface area contributed by atoms with Gasteiger partial charge in [0.05, 0.1) is 6.61 Å². The summed E-state index contributed by atoms with van der Waals surface area (Å²) in [5, 5.41) is 13.1. The molecule has 6 heteroatoms. The number of hydrogen-bond donors (Lipinski definition) is 2. The zero-order chi connectivity index (χ0) is 15.1. The van der Waals surface area contributed by atoms with E-state index in [0.717, 1.165) is 16.9 Å². The van der Waals surface area contributed by atoms with Crippen LogP contribution in [0.5, 0.6) is 5.75 Å². The molecular weight excluding hydrogens is 345 g/mol. The van der Waals surface area contributed by atoms with Crippen molar-refractivity contribution < 1.29 is 9.84 Å². The third-order valence-electron chi connectivity index (χ3n) is 2.93. The number of nitrogens with one attached hydrogen (secondary N) is 1. The molecular formula is C16H18Cl3NO2. The number of hydrogen-bond acceptors (Lipinski definition) is 3. The van der Waals surface area contributed by atoms with E-state index in [9.17, 15) is 0 Å². The molecule has 2 rings (SSSR count). The molecule has 0 atom stereocenters. The summed E-state index contributed by atoms with van der Waals surface area (Å²) in [6.07, 6.45) is 0. The van der Waals surface area contributed by atoms with Crippen LogP contribution in [0.4, 0.5) is 0 Å². The molecule has 0 aliphatic heterocycles. The maximum atomic E-state index is 8.75. The quantitative estimate of drug-likeness (QED) is 0.729. The monoisotopic (exact) mass is 361 g/mol. The van der Waals surface area contributed by atoms with Gasteiger partial charge in [-0.05, 0) is 29.8 Å². The predicted octanol–water partition coefficient (Wildman–Crippen LogP) is 4.08.